The van der Waals surface area contributed by atoms with E-state index in [0.29, 0.717) is 36.6 Å². The van der Waals surface area contributed by atoms with Crippen molar-refractivity contribution in [1.82, 2.24) is 19.6 Å². The molecule has 0 radical (unpaired) electrons. The lowest BCUT2D eigenvalue weighted by atomic mass is 10.2. The van der Waals surface area contributed by atoms with E-state index in [1.807, 2.05) is 13.8 Å². The molecule has 0 spiro atoms. The number of rotatable bonds is 7. The van der Waals surface area contributed by atoms with E-state index in [-0.39, 0.29) is 11.8 Å². The van der Waals surface area contributed by atoms with Crippen molar-refractivity contribution in [3.05, 3.63) is 58.6 Å². The molecule has 0 saturated carbocycles. The fourth-order valence-corrected chi connectivity index (χ4v) is 3.02. The predicted octanol–water partition coefficient (Wildman–Crippen LogP) is 3.45. The predicted molar refractivity (Wildman–Crippen MR) is 110 cm³/mol. The Labute approximate surface area is 171 Å². The van der Waals surface area contributed by atoms with E-state index in [4.69, 9.17) is 0 Å². The van der Waals surface area contributed by atoms with Crippen molar-refractivity contribution in [3.63, 3.8) is 0 Å². The van der Waals surface area contributed by atoms with Crippen LogP contribution in [0.4, 0.5) is 11.4 Å². The molecule has 0 aliphatic carbocycles. The van der Waals surface area contributed by atoms with Gasteiger partial charge in [0.2, 0.25) is 5.91 Å². The highest BCUT2D eigenvalue weighted by atomic mass is 79.9. The van der Waals surface area contributed by atoms with Gasteiger partial charge in [-0.05, 0) is 54.0 Å². The minimum atomic E-state index is -0.248. The Kier molecular flexibility index (Phi) is 6.25. The van der Waals surface area contributed by atoms with Crippen molar-refractivity contribution < 1.29 is 9.59 Å². The van der Waals surface area contributed by atoms with Crippen LogP contribution in [0.25, 0.3) is 0 Å². The molecule has 3 rings (SSSR count). The summed E-state index contributed by atoms with van der Waals surface area (Å²) < 4.78 is 4.31. The van der Waals surface area contributed by atoms with Crippen LogP contribution in [-0.2, 0) is 17.9 Å². The fourth-order valence-electron chi connectivity index (χ4n) is 2.73. The highest BCUT2D eigenvalue weighted by molar-refractivity contribution is 9.10. The number of hydrogen-bond acceptors (Lipinski definition) is 4. The zero-order chi connectivity index (χ0) is 20.1. The summed E-state index contributed by atoms with van der Waals surface area (Å²) in [5, 5.41) is 14.0. The number of halogens is 1. The first-order valence-corrected chi connectivity index (χ1v) is 9.68. The van der Waals surface area contributed by atoms with Gasteiger partial charge in [-0.3, -0.25) is 19.0 Å². The molecule has 28 heavy (non-hydrogen) atoms. The highest BCUT2D eigenvalue weighted by Gasteiger charge is 2.12. The second kappa shape index (κ2) is 8.83. The van der Waals surface area contributed by atoms with Crippen molar-refractivity contribution in [2.75, 3.05) is 10.6 Å². The largest absolute Gasteiger partial charge is 0.326 e. The van der Waals surface area contributed by atoms with Gasteiger partial charge in [0.05, 0.1) is 17.2 Å². The van der Waals surface area contributed by atoms with E-state index < -0.39 is 0 Å². The van der Waals surface area contributed by atoms with Crippen LogP contribution in [0.3, 0.4) is 0 Å². The maximum Gasteiger partial charge on any atom is 0.273 e. The topological polar surface area (TPSA) is 93.8 Å². The summed E-state index contributed by atoms with van der Waals surface area (Å²) >= 11 is 3.40. The van der Waals surface area contributed by atoms with Crippen molar-refractivity contribution in [2.24, 2.45) is 0 Å². The van der Waals surface area contributed by atoms with Crippen molar-refractivity contribution >= 4 is 39.1 Å². The number of nitrogens with one attached hydrogen (secondary N) is 2. The molecule has 2 N–H and O–H groups in total. The smallest absolute Gasteiger partial charge is 0.273 e. The summed E-state index contributed by atoms with van der Waals surface area (Å²) in [7, 11) is 0. The van der Waals surface area contributed by atoms with Gasteiger partial charge >= 0.3 is 0 Å². The first-order valence-electron chi connectivity index (χ1n) is 8.89. The first-order chi connectivity index (χ1) is 13.5. The summed E-state index contributed by atoms with van der Waals surface area (Å²) in [6, 6.07) is 8.71. The Morgan fingerprint density at radius 3 is 2.54 bits per heavy atom. The zero-order valence-corrected chi connectivity index (χ0v) is 17.2. The van der Waals surface area contributed by atoms with Gasteiger partial charge in [-0.15, -0.1) is 0 Å². The number of carbonyl (C=O) groups is 2. The lowest BCUT2D eigenvalue weighted by molar-refractivity contribution is -0.116. The monoisotopic (exact) mass is 444 g/mol. The third kappa shape index (κ3) is 4.66. The van der Waals surface area contributed by atoms with Gasteiger partial charge in [0.15, 0.2) is 0 Å². The number of anilines is 2. The van der Waals surface area contributed by atoms with E-state index >= 15 is 0 Å². The summed E-state index contributed by atoms with van der Waals surface area (Å²) in [6.45, 7) is 4.95. The van der Waals surface area contributed by atoms with E-state index in [1.165, 1.54) is 0 Å². The van der Waals surface area contributed by atoms with Gasteiger partial charge in [0.1, 0.15) is 5.69 Å². The second-order valence-electron chi connectivity index (χ2n) is 6.17. The van der Waals surface area contributed by atoms with Crippen LogP contribution < -0.4 is 10.6 Å². The quantitative estimate of drug-likeness (QED) is 0.583. The Bertz CT molecular complexity index is 994. The van der Waals surface area contributed by atoms with Crippen molar-refractivity contribution in [3.8, 4) is 0 Å². The average Bonchev–Trinajstić information content (AvgIpc) is 3.28. The van der Waals surface area contributed by atoms with Crippen LogP contribution in [0, 0.1) is 6.92 Å². The highest BCUT2D eigenvalue weighted by Crippen LogP contribution is 2.17. The molecule has 3 aromatic rings. The van der Waals surface area contributed by atoms with Gasteiger partial charge in [-0.25, -0.2) is 0 Å². The molecule has 0 atom stereocenters. The summed E-state index contributed by atoms with van der Waals surface area (Å²) in [6.07, 6.45) is 3.60. The molecule has 0 fully saturated rings. The molecule has 1 aromatic carbocycles. The van der Waals surface area contributed by atoms with Gasteiger partial charge in [0, 0.05) is 36.2 Å². The van der Waals surface area contributed by atoms with E-state index in [0.717, 1.165) is 10.2 Å². The maximum atomic E-state index is 12.4. The molecule has 2 amide bonds. The van der Waals surface area contributed by atoms with Crippen LogP contribution in [0.1, 0.15) is 29.5 Å². The molecule has 9 heteroatoms. The molecular formula is C19H21BrN6O2. The number of aromatic nitrogens is 4. The number of amides is 2. The molecule has 2 heterocycles. The van der Waals surface area contributed by atoms with Gasteiger partial charge in [-0.2, -0.15) is 10.2 Å². The van der Waals surface area contributed by atoms with E-state index in [1.54, 1.807) is 52.1 Å². The SMILES string of the molecule is CCn1nccc1C(=O)Nc1cccc(NC(=O)CCn2ncc(Br)c2C)c1. The number of benzene rings is 1. The van der Waals surface area contributed by atoms with Gasteiger partial charge in [-0.1, -0.05) is 6.07 Å². The van der Waals surface area contributed by atoms with E-state index in [9.17, 15) is 9.59 Å². The molecule has 0 unspecified atom stereocenters. The summed E-state index contributed by atoms with van der Waals surface area (Å²) in [5.74, 6) is -0.374. The normalized spacial score (nSPS) is 10.7. The van der Waals surface area contributed by atoms with E-state index in [2.05, 4.69) is 36.8 Å². The maximum absolute atomic E-state index is 12.4. The lowest BCUT2D eigenvalue weighted by Gasteiger charge is -2.10. The molecule has 8 nitrogen and oxygen atoms in total. The molecule has 0 aliphatic rings. The lowest BCUT2D eigenvalue weighted by Crippen LogP contribution is -2.18. The fraction of sp³-hybridized carbons (Fsp3) is 0.263. The van der Waals surface area contributed by atoms with Crippen LogP contribution >= 0.6 is 15.9 Å². The Morgan fingerprint density at radius 2 is 1.86 bits per heavy atom. The van der Waals surface area contributed by atoms with Gasteiger partial charge < -0.3 is 10.6 Å². The third-order valence-corrected chi connectivity index (χ3v) is 5.03. The number of aryl methyl sites for hydroxylation is 2. The minimum Gasteiger partial charge on any atom is -0.326 e. The standard InChI is InChI=1S/C19H21BrN6O2/c1-3-25-17(7-9-21-25)19(28)24-15-6-4-5-14(11-15)23-18(27)8-10-26-13(2)16(20)12-22-26/h4-7,9,11-12H,3,8,10H2,1-2H3,(H,23,27)(H,24,28). The summed E-state index contributed by atoms with van der Waals surface area (Å²) in [4.78, 5) is 24.7. The minimum absolute atomic E-state index is 0.126. The number of nitrogens with zero attached hydrogens (tertiary/aromatic N) is 4. The molecule has 146 valence electrons. The zero-order valence-electron chi connectivity index (χ0n) is 15.6. The van der Waals surface area contributed by atoms with Crippen molar-refractivity contribution in [2.45, 2.75) is 33.4 Å². The van der Waals surface area contributed by atoms with Crippen LogP contribution in [0.15, 0.2) is 47.2 Å². The number of carbonyl (C=O) groups excluding carboxylic acids is 2. The second-order valence-corrected chi connectivity index (χ2v) is 7.02. The van der Waals surface area contributed by atoms with Crippen LogP contribution in [-0.4, -0.2) is 31.4 Å². The molecule has 0 saturated heterocycles. The molecule has 0 bridgehead atoms. The molecular weight excluding hydrogens is 424 g/mol. The Balaban J connectivity index is 1.59. The summed E-state index contributed by atoms with van der Waals surface area (Å²) in [5.41, 5.74) is 2.67. The average molecular weight is 445 g/mol. The first kappa shape index (κ1) is 19.8. The van der Waals surface area contributed by atoms with Gasteiger partial charge in [0.25, 0.3) is 5.91 Å². The molecule has 2 aromatic heterocycles. The molecule has 0 aliphatic heterocycles. The number of hydrogen-bond donors (Lipinski definition) is 2. The third-order valence-electron chi connectivity index (χ3n) is 4.25. The van der Waals surface area contributed by atoms with Crippen LogP contribution in [0.2, 0.25) is 0 Å². The Hall–Kier alpha value is -2.94. The Morgan fingerprint density at radius 1 is 1.11 bits per heavy atom. The van der Waals surface area contributed by atoms with Crippen molar-refractivity contribution in [1.29, 1.82) is 0 Å². The van der Waals surface area contributed by atoms with Crippen LogP contribution in [0.5, 0.6) is 0 Å².